The number of benzene rings is 2. The zero-order valence-electron chi connectivity index (χ0n) is 20.4. The molecule has 2 aromatic rings. The number of halogens is 1. The molecule has 0 spiro atoms. The fraction of sp³-hybridized carbons (Fsp3) is 0.567. The molecule has 2 aromatic carbocycles. The fourth-order valence-electron chi connectivity index (χ4n) is 6.52. The maximum Gasteiger partial charge on any atom is 0.226 e. The normalized spacial score (nSPS) is 22.9. The van der Waals surface area contributed by atoms with E-state index in [1.165, 1.54) is 55.2 Å². The Bertz CT molecular complexity index is 943. The lowest BCUT2D eigenvalue weighted by Crippen LogP contribution is -2.44. The SMILES string of the molecule is O=C(C1CCCCCC1)N1CCc2ccccc2C1CCN1CCC(c2ccc(Cl)cc2)CC1. The lowest BCUT2D eigenvalue weighted by Gasteiger charge is -2.41. The number of carbonyl (C=O) groups is 1. The molecular formula is C30H39ClN2O. The van der Waals surface area contributed by atoms with Crippen LogP contribution in [0.25, 0.3) is 0 Å². The summed E-state index contributed by atoms with van der Waals surface area (Å²) >= 11 is 6.08. The summed E-state index contributed by atoms with van der Waals surface area (Å²) in [5, 5.41) is 0.817. The first-order valence-electron chi connectivity index (χ1n) is 13.5. The van der Waals surface area contributed by atoms with E-state index >= 15 is 0 Å². The number of hydrogen-bond donors (Lipinski definition) is 0. The molecule has 34 heavy (non-hydrogen) atoms. The van der Waals surface area contributed by atoms with E-state index in [9.17, 15) is 4.79 Å². The van der Waals surface area contributed by atoms with Crippen LogP contribution in [-0.2, 0) is 11.2 Å². The molecule has 2 fully saturated rings. The molecule has 4 heteroatoms. The smallest absolute Gasteiger partial charge is 0.226 e. The monoisotopic (exact) mass is 478 g/mol. The molecule has 2 heterocycles. The van der Waals surface area contributed by atoms with Crippen molar-refractivity contribution in [3.05, 3.63) is 70.2 Å². The minimum atomic E-state index is 0.231. The van der Waals surface area contributed by atoms with Crippen molar-refractivity contribution in [3.8, 4) is 0 Å². The number of hydrogen-bond acceptors (Lipinski definition) is 2. The highest BCUT2D eigenvalue weighted by Gasteiger charge is 2.34. The molecule has 0 aromatic heterocycles. The quantitative estimate of drug-likeness (QED) is 0.431. The summed E-state index contributed by atoms with van der Waals surface area (Å²) in [6.45, 7) is 4.23. The van der Waals surface area contributed by atoms with E-state index in [1.54, 1.807) is 0 Å². The van der Waals surface area contributed by atoms with Crippen LogP contribution < -0.4 is 0 Å². The first-order valence-corrected chi connectivity index (χ1v) is 13.9. The van der Waals surface area contributed by atoms with Gasteiger partial charge >= 0.3 is 0 Å². The Labute approximate surface area is 210 Å². The molecule has 182 valence electrons. The lowest BCUT2D eigenvalue weighted by atomic mass is 9.87. The van der Waals surface area contributed by atoms with E-state index in [4.69, 9.17) is 11.6 Å². The summed E-state index contributed by atoms with van der Waals surface area (Å²) in [5.41, 5.74) is 4.26. The topological polar surface area (TPSA) is 23.6 Å². The lowest BCUT2D eigenvalue weighted by molar-refractivity contribution is -0.139. The molecule has 1 amide bonds. The van der Waals surface area contributed by atoms with Crippen LogP contribution in [-0.4, -0.2) is 41.9 Å². The maximum absolute atomic E-state index is 13.7. The van der Waals surface area contributed by atoms with Gasteiger partial charge in [0.05, 0.1) is 6.04 Å². The summed E-state index contributed by atoms with van der Waals surface area (Å²) < 4.78 is 0. The van der Waals surface area contributed by atoms with Gasteiger partial charge in [-0.2, -0.15) is 0 Å². The number of amides is 1. The van der Waals surface area contributed by atoms with Crippen molar-refractivity contribution in [1.29, 1.82) is 0 Å². The average Bonchev–Trinajstić information content (AvgIpc) is 3.17. The number of nitrogens with zero attached hydrogens (tertiary/aromatic N) is 2. The van der Waals surface area contributed by atoms with E-state index in [-0.39, 0.29) is 12.0 Å². The molecule has 0 N–H and O–H groups in total. The Morgan fingerprint density at radius 3 is 2.29 bits per heavy atom. The molecule has 1 aliphatic carbocycles. The Morgan fingerprint density at radius 2 is 1.56 bits per heavy atom. The van der Waals surface area contributed by atoms with Crippen molar-refractivity contribution < 1.29 is 4.79 Å². The Balaban J connectivity index is 1.23. The summed E-state index contributed by atoms with van der Waals surface area (Å²) in [4.78, 5) is 18.6. The van der Waals surface area contributed by atoms with Crippen LogP contribution in [0.1, 0.15) is 86.4 Å². The standard InChI is InChI=1S/C30H39ClN2O/c31-27-13-11-23(12-14-27)24-15-19-32(20-16-24)21-18-29-28-10-6-5-7-25(28)17-22-33(29)30(34)26-8-3-1-2-4-9-26/h5-7,10-14,24,26,29H,1-4,8-9,15-22H2. The van der Waals surface area contributed by atoms with Gasteiger partial charge in [0.2, 0.25) is 5.91 Å². The van der Waals surface area contributed by atoms with Gasteiger partial charge in [-0.05, 0) is 86.4 Å². The van der Waals surface area contributed by atoms with Gasteiger partial charge in [0.1, 0.15) is 0 Å². The van der Waals surface area contributed by atoms with Crippen LogP contribution in [0.3, 0.4) is 0 Å². The van der Waals surface area contributed by atoms with E-state index < -0.39 is 0 Å². The van der Waals surface area contributed by atoms with Crippen LogP contribution in [0, 0.1) is 5.92 Å². The number of carbonyl (C=O) groups excluding carboxylic acids is 1. The summed E-state index contributed by atoms with van der Waals surface area (Å²) in [6, 6.07) is 17.5. The van der Waals surface area contributed by atoms with Crippen molar-refractivity contribution >= 4 is 17.5 Å². The molecule has 1 saturated heterocycles. The predicted molar refractivity (Wildman–Crippen MR) is 140 cm³/mol. The second-order valence-electron chi connectivity index (χ2n) is 10.6. The number of rotatable bonds is 5. The van der Waals surface area contributed by atoms with Crippen molar-refractivity contribution in [1.82, 2.24) is 9.80 Å². The molecule has 3 aliphatic rings. The highest BCUT2D eigenvalue weighted by molar-refractivity contribution is 6.30. The highest BCUT2D eigenvalue weighted by Crippen LogP contribution is 2.36. The third kappa shape index (κ3) is 5.52. The third-order valence-corrected chi connectivity index (χ3v) is 8.80. The first kappa shape index (κ1) is 23.9. The summed E-state index contributed by atoms with van der Waals surface area (Å²) in [6.07, 6.45) is 11.6. The second kappa shape index (κ2) is 11.3. The van der Waals surface area contributed by atoms with E-state index in [1.807, 2.05) is 12.1 Å². The molecule has 0 radical (unpaired) electrons. The molecule has 5 rings (SSSR count). The average molecular weight is 479 g/mol. The third-order valence-electron chi connectivity index (χ3n) is 8.55. The first-order chi connectivity index (χ1) is 16.7. The Morgan fingerprint density at radius 1 is 0.853 bits per heavy atom. The number of likely N-dealkylation sites (tertiary alicyclic amines) is 1. The van der Waals surface area contributed by atoms with Crippen molar-refractivity contribution in [2.45, 2.75) is 76.2 Å². The number of piperidine rings is 1. The van der Waals surface area contributed by atoms with Gasteiger partial charge in [0.15, 0.2) is 0 Å². The van der Waals surface area contributed by atoms with Gasteiger partial charge < -0.3 is 9.80 Å². The molecule has 2 aliphatic heterocycles. The molecule has 3 nitrogen and oxygen atoms in total. The summed E-state index contributed by atoms with van der Waals surface area (Å²) in [7, 11) is 0. The fourth-order valence-corrected chi connectivity index (χ4v) is 6.64. The highest BCUT2D eigenvalue weighted by atomic mass is 35.5. The molecule has 1 atom stereocenters. The van der Waals surface area contributed by atoms with E-state index in [2.05, 4.69) is 46.2 Å². The van der Waals surface area contributed by atoms with Crippen molar-refractivity contribution in [3.63, 3.8) is 0 Å². The van der Waals surface area contributed by atoms with Gasteiger partial charge in [-0.3, -0.25) is 4.79 Å². The second-order valence-corrected chi connectivity index (χ2v) is 11.1. The Hall–Kier alpha value is -1.84. The van der Waals surface area contributed by atoms with Gasteiger partial charge in [0, 0.05) is 24.0 Å². The largest absolute Gasteiger partial charge is 0.335 e. The maximum atomic E-state index is 13.7. The number of fused-ring (bicyclic) bond motifs is 1. The van der Waals surface area contributed by atoms with E-state index in [0.717, 1.165) is 56.9 Å². The minimum absolute atomic E-state index is 0.231. The van der Waals surface area contributed by atoms with Crippen LogP contribution in [0.5, 0.6) is 0 Å². The van der Waals surface area contributed by atoms with Crippen LogP contribution in [0.4, 0.5) is 0 Å². The summed E-state index contributed by atoms with van der Waals surface area (Å²) in [5.74, 6) is 1.31. The van der Waals surface area contributed by atoms with Crippen LogP contribution in [0.2, 0.25) is 5.02 Å². The molecule has 0 bridgehead atoms. The minimum Gasteiger partial charge on any atom is -0.335 e. The van der Waals surface area contributed by atoms with Crippen molar-refractivity contribution in [2.75, 3.05) is 26.2 Å². The van der Waals surface area contributed by atoms with Crippen LogP contribution >= 0.6 is 11.6 Å². The van der Waals surface area contributed by atoms with E-state index in [0.29, 0.717) is 11.8 Å². The van der Waals surface area contributed by atoms with Gasteiger partial charge in [-0.1, -0.05) is 73.7 Å². The van der Waals surface area contributed by atoms with Crippen molar-refractivity contribution in [2.24, 2.45) is 5.92 Å². The van der Waals surface area contributed by atoms with Gasteiger partial charge in [-0.25, -0.2) is 0 Å². The van der Waals surface area contributed by atoms with Gasteiger partial charge in [0.25, 0.3) is 0 Å². The zero-order chi connectivity index (χ0) is 23.3. The molecular weight excluding hydrogens is 440 g/mol. The Kier molecular flexibility index (Phi) is 7.91. The van der Waals surface area contributed by atoms with Crippen LogP contribution in [0.15, 0.2) is 48.5 Å². The molecule has 1 saturated carbocycles. The zero-order valence-corrected chi connectivity index (χ0v) is 21.2. The predicted octanol–water partition coefficient (Wildman–Crippen LogP) is 7.01. The van der Waals surface area contributed by atoms with Gasteiger partial charge in [-0.15, -0.1) is 0 Å². The molecule has 1 unspecified atom stereocenters.